The van der Waals surface area contributed by atoms with E-state index in [9.17, 15) is 0 Å². The van der Waals surface area contributed by atoms with Crippen LogP contribution in [0.3, 0.4) is 0 Å². The van der Waals surface area contributed by atoms with Crippen LogP contribution < -0.4 is 5.73 Å². The van der Waals surface area contributed by atoms with Crippen LogP contribution in [0.2, 0.25) is 0 Å². The minimum absolute atomic E-state index is 0.224. The van der Waals surface area contributed by atoms with Gasteiger partial charge in [0.05, 0.1) is 29.0 Å². The van der Waals surface area contributed by atoms with Crippen molar-refractivity contribution in [2.75, 3.05) is 20.6 Å². The molecule has 0 saturated carbocycles. The van der Waals surface area contributed by atoms with Gasteiger partial charge < -0.3 is 10.6 Å². The third-order valence-electron chi connectivity index (χ3n) is 3.44. The van der Waals surface area contributed by atoms with E-state index in [1.807, 2.05) is 16.9 Å². The van der Waals surface area contributed by atoms with Gasteiger partial charge in [-0.3, -0.25) is 4.68 Å². The number of aromatic nitrogens is 2. The molecule has 6 heteroatoms. The largest absolute Gasteiger partial charge is 0.319 e. The fourth-order valence-electron chi connectivity index (χ4n) is 2.21. The maximum absolute atomic E-state index is 6.50. The Morgan fingerprint density at radius 3 is 2.71 bits per heavy atom. The van der Waals surface area contributed by atoms with Gasteiger partial charge in [0, 0.05) is 11.0 Å². The van der Waals surface area contributed by atoms with Crippen molar-refractivity contribution < 1.29 is 0 Å². The number of rotatable bonds is 5. The summed E-state index contributed by atoms with van der Waals surface area (Å²) >= 11 is 7.22. The summed E-state index contributed by atoms with van der Waals surface area (Å²) < 4.78 is 3.98. The van der Waals surface area contributed by atoms with Crippen LogP contribution in [0.4, 0.5) is 0 Å². The monoisotopic (exact) mass is 414 g/mol. The van der Waals surface area contributed by atoms with E-state index >= 15 is 0 Å². The molecule has 0 saturated heterocycles. The molecular formula is C15H20Br2N4. The maximum atomic E-state index is 6.50. The van der Waals surface area contributed by atoms with E-state index in [-0.39, 0.29) is 6.04 Å². The van der Waals surface area contributed by atoms with E-state index in [2.05, 4.69) is 75.0 Å². The lowest BCUT2D eigenvalue weighted by atomic mass is 10.0. The minimum atomic E-state index is -0.224. The molecule has 0 aliphatic heterocycles. The van der Waals surface area contributed by atoms with Gasteiger partial charge in [-0.05, 0) is 48.1 Å². The van der Waals surface area contributed by atoms with Gasteiger partial charge in [-0.15, -0.1) is 0 Å². The molecule has 1 atom stereocenters. The average molecular weight is 416 g/mol. The first-order chi connectivity index (χ1) is 9.91. The molecule has 2 rings (SSSR count). The number of likely N-dealkylation sites (N-methyl/N-ethyl adjacent to an activating group) is 1. The highest BCUT2D eigenvalue weighted by molar-refractivity contribution is 9.10. The normalized spacial score (nSPS) is 12.9. The van der Waals surface area contributed by atoms with E-state index in [1.165, 1.54) is 5.56 Å². The van der Waals surface area contributed by atoms with Crippen molar-refractivity contribution in [3.8, 4) is 0 Å². The summed E-state index contributed by atoms with van der Waals surface area (Å²) in [6.07, 6.45) is 1.81. The summed E-state index contributed by atoms with van der Waals surface area (Å²) in [6.45, 7) is 3.80. The molecule has 1 heterocycles. The van der Waals surface area contributed by atoms with Crippen LogP contribution in [0.25, 0.3) is 0 Å². The zero-order valence-corrected chi connectivity index (χ0v) is 15.6. The highest BCUT2D eigenvalue weighted by Gasteiger charge is 2.20. The highest BCUT2D eigenvalue weighted by atomic mass is 79.9. The molecule has 2 N–H and O–H groups in total. The SMILES string of the molecule is Cc1cccc(C(N)c2c(Br)cnn2CCN(C)C)c1Br. The predicted octanol–water partition coefficient (Wildman–Crippen LogP) is 3.33. The number of nitrogens with two attached hydrogens (primary N) is 1. The van der Waals surface area contributed by atoms with Crippen molar-refractivity contribution in [2.24, 2.45) is 5.73 Å². The van der Waals surface area contributed by atoms with Crippen LogP contribution in [-0.2, 0) is 6.54 Å². The van der Waals surface area contributed by atoms with Crippen molar-refractivity contribution in [3.05, 3.63) is 50.2 Å². The van der Waals surface area contributed by atoms with Gasteiger partial charge in [-0.1, -0.05) is 34.1 Å². The zero-order valence-electron chi connectivity index (χ0n) is 12.5. The van der Waals surface area contributed by atoms with E-state index in [0.717, 1.165) is 33.3 Å². The van der Waals surface area contributed by atoms with Crippen molar-refractivity contribution in [1.29, 1.82) is 0 Å². The Morgan fingerprint density at radius 1 is 1.33 bits per heavy atom. The molecular weight excluding hydrogens is 396 g/mol. The lowest BCUT2D eigenvalue weighted by molar-refractivity contribution is 0.368. The second-order valence-corrected chi connectivity index (χ2v) is 7.01. The average Bonchev–Trinajstić information content (AvgIpc) is 2.80. The maximum Gasteiger partial charge on any atom is 0.0745 e. The lowest BCUT2D eigenvalue weighted by Gasteiger charge is -2.19. The first-order valence-electron chi connectivity index (χ1n) is 6.78. The topological polar surface area (TPSA) is 47.1 Å². The molecule has 0 spiro atoms. The third-order valence-corrected chi connectivity index (χ3v) is 5.14. The zero-order chi connectivity index (χ0) is 15.6. The molecule has 4 nitrogen and oxygen atoms in total. The van der Waals surface area contributed by atoms with Crippen LogP contribution in [-0.4, -0.2) is 35.3 Å². The van der Waals surface area contributed by atoms with Crippen molar-refractivity contribution >= 4 is 31.9 Å². The molecule has 0 aliphatic rings. The number of hydrogen-bond acceptors (Lipinski definition) is 3. The molecule has 0 radical (unpaired) electrons. The fraction of sp³-hybridized carbons (Fsp3) is 0.400. The number of hydrogen-bond donors (Lipinski definition) is 1. The smallest absolute Gasteiger partial charge is 0.0745 e. The van der Waals surface area contributed by atoms with Gasteiger partial charge in [0.2, 0.25) is 0 Å². The molecule has 114 valence electrons. The summed E-state index contributed by atoms with van der Waals surface area (Å²) in [6, 6.07) is 5.93. The molecule has 2 aromatic rings. The van der Waals surface area contributed by atoms with Gasteiger partial charge in [0.15, 0.2) is 0 Å². The molecule has 21 heavy (non-hydrogen) atoms. The highest BCUT2D eigenvalue weighted by Crippen LogP contribution is 2.32. The minimum Gasteiger partial charge on any atom is -0.319 e. The number of benzene rings is 1. The number of aryl methyl sites for hydroxylation is 1. The molecule has 1 aromatic carbocycles. The number of halogens is 2. The van der Waals surface area contributed by atoms with Crippen LogP contribution in [0.5, 0.6) is 0 Å². The molecule has 0 aliphatic carbocycles. The van der Waals surface area contributed by atoms with Crippen LogP contribution in [0.15, 0.2) is 33.3 Å². The second-order valence-electron chi connectivity index (χ2n) is 5.36. The first-order valence-corrected chi connectivity index (χ1v) is 8.37. The second kappa shape index (κ2) is 7.05. The summed E-state index contributed by atoms with van der Waals surface area (Å²) in [5.41, 5.74) is 9.76. The summed E-state index contributed by atoms with van der Waals surface area (Å²) in [4.78, 5) is 2.13. The van der Waals surface area contributed by atoms with E-state index < -0.39 is 0 Å². The van der Waals surface area contributed by atoms with Gasteiger partial charge in [0.1, 0.15) is 0 Å². The van der Waals surface area contributed by atoms with Crippen molar-refractivity contribution in [1.82, 2.24) is 14.7 Å². The molecule has 0 amide bonds. The molecule has 0 bridgehead atoms. The van der Waals surface area contributed by atoms with E-state index in [4.69, 9.17) is 5.73 Å². The van der Waals surface area contributed by atoms with E-state index in [0.29, 0.717) is 0 Å². The van der Waals surface area contributed by atoms with Gasteiger partial charge >= 0.3 is 0 Å². The Hall–Kier alpha value is -0.690. The Bertz CT molecular complexity index is 622. The third kappa shape index (κ3) is 3.74. The molecule has 1 aromatic heterocycles. The summed E-state index contributed by atoms with van der Waals surface area (Å²) in [5, 5.41) is 4.43. The van der Waals surface area contributed by atoms with Crippen LogP contribution in [0.1, 0.15) is 22.9 Å². The first kappa shape index (κ1) is 16.7. The summed E-state index contributed by atoms with van der Waals surface area (Å²) in [5.74, 6) is 0. The van der Waals surface area contributed by atoms with Gasteiger partial charge in [-0.25, -0.2) is 0 Å². The Morgan fingerprint density at radius 2 is 2.05 bits per heavy atom. The van der Waals surface area contributed by atoms with Gasteiger partial charge in [-0.2, -0.15) is 5.10 Å². The molecule has 1 unspecified atom stereocenters. The van der Waals surface area contributed by atoms with Crippen molar-refractivity contribution in [3.63, 3.8) is 0 Å². The lowest BCUT2D eigenvalue weighted by Crippen LogP contribution is -2.23. The van der Waals surface area contributed by atoms with E-state index in [1.54, 1.807) is 0 Å². The molecule has 0 fully saturated rings. The van der Waals surface area contributed by atoms with Gasteiger partial charge in [0.25, 0.3) is 0 Å². The standard InChI is InChI=1S/C15H20Br2N4/c1-10-5-4-6-11(13(10)17)14(18)15-12(16)9-19-21(15)8-7-20(2)3/h4-6,9,14H,7-8,18H2,1-3H3. The Labute approximate surface area is 142 Å². The summed E-state index contributed by atoms with van der Waals surface area (Å²) in [7, 11) is 4.10. The van der Waals surface area contributed by atoms with Crippen molar-refractivity contribution in [2.45, 2.75) is 19.5 Å². The predicted molar refractivity (Wildman–Crippen MR) is 93.4 cm³/mol. The fourth-order valence-corrected chi connectivity index (χ4v) is 3.27. The van der Waals surface area contributed by atoms with Crippen LogP contribution in [0, 0.1) is 6.92 Å². The Balaban J connectivity index is 2.36. The Kier molecular flexibility index (Phi) is 5.60. The number of nitrogens with zero attached hydrogens (tertiary/aromatic N) is 3. The van der Waals surface area contributed by atoms with Crippen LogP contribution >= 0.6 is 31.9 Å². The quantitative estimate of drug-likeness (QED) is 0.814.